The average molecular weight is 329 g/mol. The number of nitrogens with zero attached hydrogens (tertiary/aromatic N) is 3. The summed E-state index contributed by atoms with van der Waals surface area (Å²) in [5.74, 6) is 0.635. The molecule has 0 amide bonds. The molecule has 5 heteroatoms. The molecule has 0 radical (unpaired) electrons. The Bertz CT molecular complexity index is 750. The largest absolute Gasteiger partial charge is 0.383 e. The van der Waals surface area contributed by atoms with E-state index in [1.165, 1.54) is 0 Å². The van der Waals surface area contributed by atoms with E-state index in [2.05, 4.69) is 26.0 Å². The molecule has 2 heterocycles. The minimum atomic E-state index is 0.635. The molecular formula is C15H13BrN4. The van der Waals surface area contributed by atoms with Gasteiger partial charge in [0.1, 0.15) is 11.5 Å². The molecule has 3 rings (SSSR count). The van der Waals surface area contributed by atoms with Crippen molar-refractivity contribution in [3.05, 3.63) is 53.3 Å². The van der Waals surface area contributed by atoms with E-state index in [9.17, 15) is 0 Å². The molecule has 0 aliphatic carbocycles. The van der Waals surface area contributed by atoms with Gasteiger partial charge in [0.2, 0.25) is 0 Å². The maximum absolute atomic E-state index is 6.20. The van der Waals surface area contributed by atoms with Crippen LogP contribution in [0, 0.1) is 0 Å². The van der Waals surface area contributed by atoms with Gasteiger partial charge in [0, 0.05) is 35.0 Å². The summed E-state index contributed by atoms with van der Waals surface area (Å²) in [6.07, 6.45) is 3.54. The van der Waals surface area contributed by atoms with Crippen LogP contribution in [-0.4, -0.2) is 14.8 Å². The van der Waals surface area contributed by atoms with E-state index in [0.29, 0.717) is 5.82 Å². The molecular weight excluding hydrogens is 316 g/mol. The Morgan fingerprint density at radius 3 is 2.65 bits per heavy atom. The lowest BCUT2D eigenvalue weighted by Gasteiger charge is -2.06. The van der Waals surface area contributed by atoms with Crippen molar-refractivity contribution in [3.8, 4) is 22.4 Å². The Hall–Kier alpha value is -2.14. The van der Waals surface area contributed by atoms with Gasteiger partial charge in [-0.3, -0.25) is 9.67 Å². The molecule has 4 nitrogen and oxygen atoms in total. The first-order valence-corrected chi connectivity index (χ1v) is 6.95. The predicted octanol–water partition coefficient (Wildman–Crippen LogP) is 3.49. The van der Waals surface area contributed by atoms with Crippen molar-refractivity contribution < 1.29 is 0 Å². The zero-order chi connectivity index (χ0) is 14.1. The van der Waals surface area contributed by atoms with Gasteiger partial charge < -0.3 is 5.73 Å². The van der Waals surface area contributed by atoms with Crippen LogP contribution >= 0.6 is 15.9 Å². The molecule has 0 unspecified atom stereocenters. The minimum Gasteiger partial charge on any atom is -0.383 e. The summed E-state index contributed by atoms with van der Waals surface area (Å²) in [5.41, 5.74) is 9.94. The van der Waals surface area contributed by atoms with E-state index < -0.39 is 0 Å². The second-order valence-corrected chi connectivity index (χ2v) is 5.31. The van der Waals surface area contributed by atoms with Crippen LogP contribution in [0.15, 0.2) is 53.3 Å². The van der Waals surface area contributed by atoms with Crippen molar-refractivity contribution in [2.45, 2.75) is 0 Å². The molecule has 0 aliphatic heterocycles. The monoisotopic (exact) mass is 328 g/mol. The van der Waals surface area contributed by atoms with Gasteiger partial charge in [-0.2, -0.15) is 5.10 Å². The fraction of sp³-hybridized carbons (Fsp3) is 0.0667. The molecule has 0 spiro atoms. The van der Waals surface area contributed by atoms with Crippen LogP contribution in [0.2, 0.25) is 0 Å². The third-order valence-corrected chi connectivity index (χ3v) is 3.86. The lowest BCUT2D eigenvalue weighted by molar-refractivity contribution is 0.782. The van der Waals surface area contributed by atoms with Crippen LogP contribution in [0.1, 0.15) is 0 Å². The maximum Gasteiger partial charge on any atom is 0.129 e. The van der Waals surface area contributed by atoms with Crippen LogP contribution in [0.25, 0.3) is 22.4 Å². The fourth-order valence-electron chi connectivity index (χ4n) is 2.17. The third kappa shape index (κ3) is 2.10. The van der Waals surface area contributed by atoms with Crippen molar-refractivity contribution in [2.75, 3.05) is 5.73 Å². The number of anilines is 1. The summed E-state index contributed by atoms with van der Waals surface area (Å²) >= 11 is 3.57. The van der Waals surface area contributed by atoms with Crippen molar-refractivity contribution in [1.82, 2.24) is 14.8 Å². The highest BCUT2D eigenvalue weighted by molar-refractivity contribution is 9.10. The third-order valence-electron chi connectivity index (χ3n) is 3.17. The Morgan fingerprint density at radius 1 is 1.15 bits per heavy atom. The summed E-state index contributed by atoms with van der Waals surface area (Å²) in [6, 6.07) is 11.9. The Morgan fingerprint density at radius 2 is 1.95 bits per heavy atom. The van der Waals surface area contributed by atoms with Gasteiger partial charge in [0.05, 0.1) is 5.56 Å². The first-order chi connectivity index (χ1) is 9.68. The van der Waals surface area contributed by atoms with Crippen LogP contribution in [0.4, 0.5) is 5.82 Å². The molecule has 0 saturated heterocycles. The lowest BCUT2D eigenvalue weighted by Crippen LogP contribution is -1.98. The molecule has 2 N–H and O–H groups in total. The number of benzene rings is 1. The summed E-state index contributed by atoms with van der Waals surface area (Å²) in [4.78, 5) is 4.16. The lowest BCUT2D eigenvalue weighted by atomic mass is 10.0. The summed E-state index contributed by atoms with van der Waals surface area (Å²) in [6.45, 7) is 0. The number of aryl methyl sites for hydroxylation is 1. The molecule has 0 aliphatic rings. The average Bonchev–Trinajstić information content (AvgIpc) is 2.77. The van der Waals surface area contributed by atoms with Gasteiger partial charge in [-0.1, -0.05) is 34.1 Å². The zero-order valence-electron chi connectivity index (χ0n) is 10.9. The summed E-state index contributed by atoms with van der Waals surface area (Å²) in [5, 5.41) is 4.53. The highest BCUT2D eigenvalue weighted by Gasteiger charge is 2.18. The molecule has 0 bridgehead atoms. The van der Waals surface area contributed by atoms with Gasteiger partial charge in [0.15, 0.2) is 0 Å². The van der Waals surface area contributed by atoms with Gasteiger partial charge in [-0.25, -0.2) is 0 Å². The van der Waals surface area contributed by atoms with Crippen LogP contribution in [0.5, 0.6) is 0 Å². The first kappa shape index (κ1) is 12.9. The minimum absolute atomic E-state index is 0.635. The maximum atomic E-state index is 6.20. The van der Waals surface area contributed by atoms with E-state index in [0.717, 1.165) is 26.9 Å². The van der Waals surface area contributed by atoms with Gasteiger partial charge >= 0.3 is 0 Å². The van der Waals surface area contributed by atoms with E-state index in [-0.39, 0.29) is 0 Å². The van der Waals surface area contributed by atoms with E-state index >= 15 is 0 Å². The van der Waals surface area contributed by atoms with E-state index in [1.807, 2.05) is 43.4 Å². The predicted molar refractivity (Wildman–Crippen MR) is 84.0 cm³/mol. The Labute approximate surface area is 125 Å². The van der Waals surface area contributed by atoms with E-state index in [1.54, 1.807) is 17.1 Å². The van der Waals surface area contributed by atoms with Crippen molar-refractivity contribution in [1.29, 1.82) is 0 Å². The highest BCUT2D eigenvalue weighted by atomic mass is 79.9. The number of hydrogen-bond donors (Lipinski definition) is 1. The Kier molecular flexibility index (Phi) is 3.28. The normalized spacial score (nSPS) is 10.7. The molecule has 3 aromatic rings. The topological polar surface area (TPSA) is 56.7 Å². The number of halogens is 1. The molecule has 0 atom stereocenters. The SMILES string of the molecule is Cn1nc(-c2cccnc2)c(-c2ccccc2Br)c1N. The quantitative estimate of drug-likeness (QED) is 0.783. The molecule has 0 fully saturated rings. The first-order valence-electron chi connectivity index (χ1n) is 6.16. The summed E-state index contributed by atoms with van der Waals surface area (Å²) < 4.78 is 2.68. The van der Waals surface area contributed by atoms with Gasteiger partial charge in [-0.15, -0.1) is 0 Å². The van der Waals surface area contributed by atoms with Gasteiger partial charge in [0.25, 0.3) is 0 Å². The number of aromatic nitrogens is 3. The van der Waals surface area contributed by atoms with Crippen molar-refractivity contribution in [2.24, 2.45) is 7.05 Å². The second-order valence-electron chi connectivity index (χ2n) is 4.45. The fourth-order valence-corrected chi connectivity index (χ4v) is 2.65. The molecule has 0 saturated carbocycles. The Balaban J connectivity index is 2.29. The summed E-state index contributed by atoms with van der Waals surface area (Å²) in [7, 11) is 1.84. The van der Waals surface area contributed by atoms with Crippen LogP contribution in [-0.2, 0) is 7.05 Å². The number of nitrogen functional groups attached to an aromatic ring is 1. The molecule has 1 aromatic carbocycles. The number of rotatable bonds is 2. The van der Waals surface area contributed by atoms with Crippen molar-refractivity contribution >= 4 is 21.7 Å². The molecule has 100 valence electrons. The highest BCUT2D eigenvalue weighted by Crippen LogP contribution is 2.38. The number of nitrogens with two attached hydrogens (primary N) is 1. The molecule has 20 heavy (non-hydrogen) atoms. The van der Waals surface area contributed by atoms with Gasteiger partial charge in [-0.05, 0) is 18.2 Å². The van der Waals surface area contributed by atoms with Crippen molar-refractivity contribution in [3.63, 3.8) is 0 Å². The van der Waals surface area contributed by atoms with Crippen LogP contribution < -0.4 is 5.73 Å². The smallest absolute Gasteiger partial charge is 0.129 e. The van der Waals surface area contributed by atoms with E-state index in [4.69, 9.17) is 5.73 Å². The second kappa shape index (κ2) is 5.09. The zero-order valence-corrected chi connectivity index (χ0v) is 12.5. The number of hydrogen-bond acceptors (Lipinski definition) is 3. The van der Waals surface area contributed by atoms with Crippen LogP contribution in [0.3, 0.4) is 0 Å². The molecule has 2 aromatic heterocycles. The number of pyridine rings is 1. The standard InChI is InChI=1S/C15H13BrN4/c1-20-15(17)13(11-6-2-3-7-12(11)16)14(19-20)10-5-4-8-18-9-10/h2-9H,17H2,1H3.